The van der Waals surface area contributed by atoms with Crippen LogP contribution >= 0.6 is 0 Å². The molecule has 4 heteroatoms. The zero-order valence-corrected chi connectivity index (χ0v) is 10.9. The van der Waals surface area contributed by atoms with Gasteiger partial charge in [-0.1, -0.05) is 6.42 Å². The Kier molecular flexibility index (Phi) is 10.9. The van der Waals surface area contributed by atoms with Gasteiger partial charge in [0.05, 0.1) is 0 Å². The number of aliphatic carboxylic acids is 1. The van der Waals surface area contributed by atoms with Gasteiger partial charge in [0.2, 0.25) is 0 Å². The molecule has 0 rings (SSSR count). The summed E-state index contributed by atoms with van der Waals surface area (Å²) in [6.45, 7) is 4.04. The molecule has 0 aliphatic carbocycles. The largest absolute Gasteiger partial charge is 2.00 e. The molecule has 0 saturated heterocycles. The molecular formula is C7H12O3U. The Balaban J connectivity index is 0. The third-order valence-electron chi connectivity index (χ3n) is 0.809. The maximum absolute atomic E-state index is 9.95. The molecule has 0 heterocycles. The van der Waals surface area contributed by atoms with Crippen LogP contribution in [-0.2, 0) is 9.53 Å². The maximum Gasteiger partial charge on any atom is 2.00 e. The van der Waals surface area contributed by atoms with Crippen LogP contribution < -0.4 is 0 Å². The second kappa shape index (κ2) is 8.58. The molecule has 0 saturated carbocycles. The van der Waals surface area contributed by atoms with Crippen molar-refractivity contribution < 1.29 is 45.8 Å². The van der Waals surface area contributed by atoms with E-state index in [1.807, 2.05) is 13.8 Å². The third kappa shape index (κ3) is 13.5. The van der Waals surface area contributed by atoms with Crippen LogP contribution in [0.25, 0.3) is 0 Å². The van der Waals surface area contributed by atoms with Gasteiger partial charge in [0, 0.05) is 0 Å². The molecule has 0 amide bonds. The normalized spacial score (nSPS) is 9.36. The van der Waals surface area contributed by atoms with Gasteiger partial charge in [0.15, 0.2) is 0 Å². The summed E-state index contributed by atoms with van der Waals surface area (Å²) in [5, 5.41) is 8.19. The Morgan fingerprint density at radius 2 is 2.18 bits per heavy atom. The molecule has 0 atom stereocenters. The van der Waals surface area contributed by atoms with Crippen LogP contribution in [0.15, 0.2) is 0 Å². The smallest absolute Gasteiger partial charge is 0.575 e. The third-order valence-corrected chi connectivity index (χ3v) is 0.809. The fourth-order valence-corrected chi connectivity index (χ4v) is 0.408. The number of rotatable bonds is 5. The number of hydrogen-bond acceptors (Lipinski definition) is 2. The van der Waals surface area contributed by atoms with Crippen LogP contribution in [0.3, 0.4) is 0 Å². The molecule has 0 fully saturated rings. The van der Waals surface area contributed by atoms with Crippen molar-refractivity contribution in [3.05, 3.63) is 12.5 Å². The van der Waals surface area contributed by atoms with Crippen LogP contribution in [0, 0.1) is 43.6 Å². The minimum atomic E-state index is -0.822. The number of hydrogen-bond donors (Lipinski definition) is 1. The number of ether oxygens (including phenoxy) is 1. The molecule has 1 N–H and O–H groups in total. The topological polar surface area (TPSA) is 46.5 Å². The predicted molar refractivity (Wildman–Crippen MR) is 37.1 cm³/mol. The second-order valence-electron chi connectivity index (χ2n) is 2.11. The quantitative estimate of drug-likeness (QED) is 0.575. The molecule has 3 nitrogen and oxygen atoms in total. The molecular weight excluding hydrogens is 370 g/mol. The molecule has 0 bridgehead atoms. The van der Waals surface area contributed by atoms with Gasteiger partial charge >= 0.3 is 31.1 Å². The molecule has 0 unspecified atom stereocenters. The first-order valence-electron chi connectivity index (χ1n) is 3.09. The van der Waals surface area contributed by atoms with Crippen molar-refractivity contribution in [1.29, 1.82) is 0 Å². The summed E-state index contributed by atoms with van der Waals surface area (Å²) in [4.78, 5) is 9.95. The summed E-state index contributed by atoms with van der Waals surface area (Å²) < 4.78 is 4.99. The monoisotopic (exact) mass is 382 g/mol. The van der Waals surface area contributed by atoms with Gasteiger partial charge in [-0.2, -0.15) is 13.8 Å². The minimum absolute atomic E-state index is 0. The zero-order chi connectivity index (χ0) is 7.98. The van der Waals surface area contributed by atoms with Gasteiger partial charge in [-0.3, -0.25) is 11.2 Å². The van der Waals surface area contributed by atoms with Gasteiger partial charge in [0.25, 0.3) is 5.97 Å². The average Bonchev–Trinajstić information content (AvgIpc) is 1.79. The minimum Gasteiger partial charge on any atom is -0.575 e. The summed E-state index contributed by atoms with van der Waals surface area (Å²) in [5.74, 6) is -0.822. The first-order chi connectivity index (χ1) is 4.63. The Bertz CT molecular complexity index is 104. The van der Waals surface area contributed by atoms with Crippen LogP contribution in [0.2, 0.25) is 0 Å². The van der Waals surface area contributed by atoms with Gasteiger partial charge in [-0.05, 0) is 0 Å². The van der Waals surface area contributed by atoms with Crippen molar-refractivity contribution in [1.82, 2.24) is 0 Å². The first kappa shape index (κ1) is 14.0. The summed E-state index contributed by atoms with van der Waals surface area (Å²) in [7, 11) is 0. The molecule has 0 spiro atoms. The van der Waals surface area contributed by atoms with E-state index in [1.54, 1.807) is 6.42 Å². The number of carboxylic acid groups (broad SMARTS) is 1. The van der Waals surface area contributed by atoms with E-state index in [1.165, 1.54) is 0 Å². The Morgan fingerprint density at radius 3 is 2.55 bits per heavy atom. The Morgan fingerprint density at radius 1 is 1.64 bits per heavy atom. The average molecular weight is 382 g/mol. The molecule has 0 aromatic heterocycles. The van der Waals surface area contributed by atoms with E-state index >= 15 is 0 Å². The first-order valence-corrected chi connectivity index (χ1v) is 3.09. The van der Waals surface area contributed by atoms with Crippen molar-refractivity contribution >= 4 is 5.97 Å². The summed E-state index contributed by atoms with van der Waals surface area (Å²) in [6, 6.07) is 0. The second-order valence-corrected chi connectivity index (χ2v) is 2.11. The summed E-state index contributed by atoms with van der Waals surface area (Å²) in [6.07, 6.45) is 2.49. The molecule has 62 valence electrons. The molecule has 0 aliphatic heterocycles. The van der Waals surface area contributed by atoms with Crippen LogP contribution in [0.1, 0.15) is 20.3 Å². The van der Waals surface area contributed by atoms with E-state index in [0.717, 1.165) is 6.10 Å². The van der Waals surface area contributed by atoms with Crippen molar-refractivity contribution in [2.45, 2.75) is 20.3 Å². The van der Waals surface area contributed by atoms with Gasteiger partial charge < -0.3 is 9.84 Å². The molecule has 0 aromatic carbocycles. The fourth-order valence-electron chi connectivity index (χ4n) is 0.408. The molecule has 0 aliphatic rings. The van der Waals surface area contributed by atoms with E-state index in [0.29, 0.717) is 6.61 Å². The van der Waals surface area contributed by atoms with Crippen LogP contribution in [-0.4, -0.2) is 17.7 Å². The molecule has 11 heavy (non-hydrogen) atoms. The van der Waals surface area contributed by atoms with Gasteiger partial charge in [0.1, 0.15) is 0 Å². The van der Waals surface area contributed by atoms with Crippen molar-refractivity contribution in [3.8, 4) is 0 Å². The van der Waals surface area contributed by atoms with Crippen molar-refractivity contribution in [2.24, 2.45) is 0 Å². The van der Waals surface area contributed by atoms with Crippen LogP contribution in [0.5, 0.6) is 0 Å². The van der Waals surface area contributed by atoms with E-state index < -0.39 is 5.97 Å². The van der Waals surface area contributed by atoms with E-state index in [4.69, 9.17) is 9.84 Å². The zero-order valence-electron chi connectivity index (χ0n) is 6.76. The summed E-state index contributed by atoms with van der Waals surface area (Å²) in [5.41, 5.74) is 0. The molecule has 0 aromatic rings. The maximum atomic E-state index is 9.95. The molecule has 0 radical (unpaired) electrons. The van der Waals surface area contributed by atoms with Gasteiger partial charge in [-0.15, -0.1) is 6.61 Å². The van der Waals surface area contributed by atoms with E-state index in [2.05, 4.69) is 0 Å². The van der Waals surface area contributed by atoms with Gasteiger partial charge in [-0.25, -0.2) is 6.10 Å². The number of carboxylic acids is 1. The fraction of sp³-hybridized carbons (Fsp3) is 0.571. The SMILES string of the molecule is C[C-](C)OC[CH-]CC(=O)O.[U+2]. The van der Waals surface area contributed by atoms with Crippen LogP contribution in [0.4, 0.5) is 0 Å². The summed E-state index contributed by atoms with van der Waals surface area (Å²) >= 11 is 0. The van der Waals surface area contributed by atoms with Crippen molar-refractivity contribution in [2.75, 3.05) is 6.61 Å². The van der Waals surface area contributed by atoms with E-state index in [9.17, 15) is 4.79 Å². The van der Waals surface area contributed by atoms with Crippen molar-refractivity contribution in [3.63, 3.8) is 0 Å². The number of carbonyl (C=O) groups is 1. The Hall–Kier alpha value is 0.482. The van der Waals surface area contributed by atoms with E-state index in [-0.39, 0.29) is 37.5 Å². The standard InChI is InChI=1S/C7H12O3.U/c1-6(2)10-5-3-4-7(8)9;/h3H,4-5H2,1-2H3,(H,8,9);/q-2;+2. The Labute approximate surface area is 90.9 Å². The predicted octanol–water partition coefficient (Wildman–Crippen LogP) is 1.25.